The summed E-state index contributed by atoms with van der Waals surface area (Å²) in [6.07, 6.45) is 2.49. The van der Waals surface area contributed by atoms with Gasteiger partial charge in [-0.15, -0.1) is 10.2 Å². The summed E-state index contributed by atoms with van der Waals surface area (Å²) in [6, 6.07) is 19.1. The quantitative estimate of drug-likeness (QED) is 0.463. The van der Waals surface area contributed by atoms with Crippen LogP contribution >= 0.6 is 0 Å². The molecule has 148 valence electrons. The van der Waals surface area contributed by atoms with Crippen LogP contribution in [-0.2, 0) is 6.42 Å². The highest BCUT2D eigenvalue weighted by Gasteiger charge is 2.18. The molecule has 7 nitrogen and oxygen atoms in total. The Labute approximate surface area is 172 Å². The molecule has 0 bridgehead atoms. The van der Waals surface area contributed by atoms with Gasteiger partial charge in [0.05, 0.1) is 18.4 Å². The van der Waals surface area contributed by atoms with Gasteiger partial charge in [0.1, 0.15) is 11.3 Å². The van der Waals surface area contributed by atoms with E-state index < -0.39 is 0 Å². The van der Waals surface area contributed by atoms with Gasteiger partial charge in [0.2, 0.25) is 0 Å². The summed E-state index contributed by atoms with van der Waals surface area (Å²) in [4.78, 5) is 13.1. The number of pyridine rings is 1. The van der Waals surface area contributed by atoms with Crippen molar-refractivity contribution in [2.75, 3.05) is 7.11 Å². The maximum atomic E-state index is 13.1. The van der Waals surface area contributed by atoms with Crippen molar-refractivity contribution in [3.63, 3.8) is 0 Å². The van der Waals surface area contributed by atoms with Gasteiger partial charge in [-0.3, -0.25) is 9.36 Å². The molecule has 0 unspecified atom stereocenters. The van der Waals surface area contributed by atoms with E-state index in [1.165, 1.54) is 0 Å². The molecule has 3 heterocycles. The van der Waals surface area contributed by atoms with Crippen molar-refractivity contribution in [2.24, 2.45) is 0 Å². The molecule has 0 saturated heterocycles. The molecule has 0 aliphatic heterocycles. The highest BCUT2D eigenvalue weighted by atomic mass is 16.5. The summed E-state index contributed by atoms with van der Waals surface area (Å²) in [6.45, 7) is 2.06. The molecular formula is C23H19N5O2. The van der Waals surface area contributed by atoms with Crippen LogP contribution in [0.4, 0.5) is 0 Å². The maximum absolute atomic E-state index is 13.1. The van der Waals surface area contributed by atoms with Gasteiger partial charge in [-0.05, 0) is 42.3 Å². The molecule has 0 fully saturated rings. The second-order valence-electron chi connectivity index (χ2n) is 6.90. The summed E-state index contributed by atoms with van der Waals surface area (Å²) in [5.74, 6) is 0.728. The predicted octanol–water partition coefficient (Wildman–Crippen LogP) is 3.67. The minimum absolute atomic E-state index is 0.248. The first-order valence-electron chi connectivity index (χ1n) is 9.70. The van der Waals surface area contributed by atoms with E-state index in [1.54, 1.807) is 22.4 Å². The minimum atomic E-state index is -0.248. The van der Waals surface area contributed by atoms with Gasteiger partial charge in [-0.1, -0.05) is 37.3 Å². The Morgan fingerprint density at radius 2 is 1.73 bits per heavy atom. The zero-order valence-electron chi connectivity index (χ0n) is 16.6. The molecule has 2 aromatic carbocycles. The summed E-state index contributed by atoms with van der Waals surface area (Å²) in [5.41, 5.74) is 4.93. The number of aromatic nitrogens is 5. The fraction of sp³-hybridized carbons (Fsp3) is 0.130. The van der Waals surface area contributed by atoms with Crippen molar-refractivity contribution in [2.45, 2.75) is 13.3 Å². The molecule has 5 rings (SSSR count). The van der Waals surface area contributed by atoms with Crippen molar-refractivity contribution >= 4 is 16.7 Å². The second-order valence-corrected chi connectivity index (χ2v) is 6.90. The molecule has 0 N–H and O–H groups in total. The molecule has 0 atom stereocenters. The Morgan fingerprint density at radius 3 is 2.43 bits per heavy atom. The lowest BCUT2D eigenvalue weighted by molar-refractivity contribution is 0.414. The SMILES string of the molecule is CCc1nn2c(nnc3c(=O)n(-c4ccc(OC)cc4)ccc32)c1-c1ccccc1. The molecule has 3 aromatic heterocycles. The van der Waals surface area contributed by atoms with Gasteiger partial charge in [-0.25, -0.2) is 4.52 Å². The average molecular weight is 397 g/mol. The standard InChI is InChI=1S/C23H19N5O2/c1-3-18-20(15-7-5-4-6-8-15)22-25-24-21-19(28(22)26-18)13-14-27(23(21)29)16-9-11-17(30-2)12-10-16/h4-14H,3H2,1-2H3. The Bertz CT molecular complexity index is 1420. The third-order valence-electron chi connectivity index (χ3n) is 5.20. The number of aryl methyl sites for hydroxylation is 1. The van der Waals surface area contributed by atoms with Gasteiger partial charge < -0.3 is 4.74 Å². The Kier molecular flexibility index (Phi) is 4.28. The first-order valence-corrected chi connectivity index (χ1v) is 9.70. The van der Waals surface area contributed by atoms with E-state index in [0.29, 0.717) is 11.2 Å². The summed E-state index contributed by atoms with van der Waals surface area (Å²) < 4.78 is 8.46. The first-order chi connectivity index (χ1) is 14.7. The molecule has 0 saturated carbocycles. The van der Waals surface area contributed by atoms with E-state index in [9.17, 15) is 4.79 Å². The number of rotatable bonds is 4. The molecule has 0 amide bonds. The van der Waals surface area contributed by atoms with Crippen molar-refractivity contribution < 1.29 is 4.74 Å². The molecule has 7 heteroatoms. The minimum Gasteiger partial charge on any atom is -0.497 e. The third kappa shape index (κ3) is 2.75. The summed E-state index contributed by atoms with van der Waals surface area (Å²) in [5, 5.41) is 13.4. The van der Waals surface area contributed by atoms with Gasteiger partial charge in [0, 0.05) is 11.9 Å². The van der Waals surface area contributed by atoms with Crippen LogP contribution in [0.15, 0.2) is 71.7 Å². The summed E-state index contributed by atoms with van der Waals surface area (Å²) >= 11 is 0. The van der Waals surface area contributed by atoms with Gasteiger partial charge in [0.15, 0.2) is 11.2 Å². The maximum Gasteiger partial charge on any atom is 0.285 e. The molecule has 0 aliphatic rings. The van der Waals surface area contributed by atoms with Crippen molar-refractivity contribution in [1.29, 1.82) is 0 Å². The highest BCUT2D eigenvalue weighted by molar-refractivity contribution is 5.84. The Hall–Kier alpha value is -4.00. The summed E-state index contributed by atoms with van der Waals surface area (Å²) in [7, 11) is 1.61. The number of fused-ring (bicyclic) bond motifs is 3. The normalized spacial score (nSPS) is 11.3. The number of hydrogen-bond acceptors (Lipinski definition) is 5. The average Bonchev–Trinajstić information content (AvgIpc) is 3.19. The van der Waals surface area contributed by atoms with E-state index in [0.717, 1.165) is 34.7 Å². The van der Waals surface area contributed by atoms with Gasteiger partial charge in [0.25, 0.3) is 5.56 Å². The van der Waals surface area contributed by atoms with Crippen molar-refractivity contribution in [3.05, 3.63) is 82.9 Å². The van der Waals surface area contributed by atoms with Gasteiger partial charge >= 0.3 is 0 Å². The Morgan fingerprint density at radius 1 is 0.967 bits per heavy atom. The lowest BCUT2D eigenvalue weighted by Crippen LogP contribution is -2.20. The zero-order valence-corrected chi connectivity index (χ0v) is 16.6. The highest BCUT2D eigenvalue weighted by Crippen LogP contribution is 2.28. The van der Waals surface area contributed by atoms with Crippen LogP contribution in [0.25, 0.3) is 33.5 Å². The number of nitrogens with zero attached hydrogens (tertiary/aromatic N) is 5. The van der Waals surface area contributed by atoms with Crippen LogP contribution in [0.1, 0.15) is 12.6 Å². The third-order valence-corrected chi connectivity index (χ3v) is 5.20. The fourth-order valence-electron chi connectivity index (χ4n) is 3.69. The van der Waals surface area contributed by atoms with Crippen LogP contribution in [0.2, 0.25) is 0 Å². The molecule has 5 aromatic rings. The second kappa shape index (κ2) is 7.11. The van der Waals surface area contributed by atoms with Crippen LogP contribution in [0.3, 0.4) is 0 Å². The molecule has 0 radical (unpaired) electrons. The predicted molar refractivity (Wildman–Crippen MR) is 115 cm³/mol. The molecular weight excluding hydrogens is 378 g/mol. The Balaban J connectivity index is 1.74. The first kappa shape index (κ1) is 18.1. The van der Waals surface area contributed by atoms with Crippen LogP contribution in [0.5, 0.6) is 5.75 Å². The van der Waals surface area contributed by atoms with Crippen LogP contribution in [-0.4, -0.2) is 31.5 Å². The monoisotopic (exact) mass is 397 g/mol. The van der Waals surface area contributed by atoms with E-state index in [2.05, 4.69) is 17.1 Å². The zero-order chi connectivity index (χ0) is 20.7. The number of methoxy groups -OCH3 is 1. The van der Waals surface area contributed by atoms with Crippen LogP contribution < -0.4 is 10.3 Å². The molecule has 0 aliphatic carbocycles. The van der Waals surface area contributed by atoms with Gasteiger partial charge in [-0.2, -0.15) is 5.10 Å². The lowest BCUT2D eigenvalue weighted by Gasteiger charge is -2.08. The van der Waals surface area contributed by atoms with Crippen LogP contribution in [0, 0.1) is 0 Å². The largest absolute Gasteiger partial charge is 0.497 e. The van der Waals surface area contributed by atoms with E-state index in [-0.39, 0.29) is 11.1 Å². The molecule has 0 spiro atoms. The van der Waals surface area contributed by atoms with Crippen molar-refractivity contribution in [1.82, 2.24) is 24.4 Å². The fourth-order valence-corrected chi connectivity index (χ4v) is 3.69. The van der Waals surface area contributed by atoms with E-state index >= 15 is 0 Å². The number of benzene rings is 2. The van der Waals surface area contributed by atoms with E-state index in [1.807, 2.05) is 60.7 Å². The molecule has 30 heavy (non-hydrogen) atoms. The van der Waals surface area contributed by atoms with E-state index in [4.69, 9.17) is 9.84 Å². The topological polar surface area (TPSA) is 74.3 Å². The number of ether oxygens (including phenoxy) is 1. The number of hydrogen-bond donors (Lipinski definition) is 0. The van der Waals surface area contributed by atoms with Crippen molar-refractivity contribution in [3.8, 4) is 22.6 Å². The lowest BCUT2D eigenvalue weighted by atomic mass is 10.0. The smallest absolute Gasteiger partial charge is 0.285 e.